The summed E-state index contributed by atoms with van der Waals surface area (Å²) < 4.78 is 27.5. The van der Waals surface area contributed by atoms with Crippen LogP contribution in [0.1, 0.15) is 11.1 Å². The van der Waals surface area contributed by atoms with Crippen molar-refractivity contribution in [2.45, 2.75) is 13.5 Å². The molecule has 0 saturated carbocycles. The number of hydrogen-bond donors (Lipinski definition) is 1. The van der Waals surface area contributed by atoms with Crippen LogP contribution in [0.25, 0.3) is 10.8 Å². The number of anilines is 1. The van der Waals surface area contributed by atoms with Crippen LogP contribution in [0.2, 0.25) is 0 Å². The lowest BCUT2D eigenvalue weighted by Gasteiger charge is -2.17. The summed E-state index contributed by atoms with van der Waals surface area (Å²) >= 11 is 0. The maximum atomic E-state index is 13.7. The zero-order valence-corrected chi connectivity index (χ0v) is 15.0. The van der Waals surface area contributed by atoms with Crippen LogP contribution in [0.15, 0.2) is 66.4 Å². The number of amides is 2. The molecule has 0 aliphatic carbocycles. The lowest BCUT2D eigenvalue weighted by atomic mass is 10.0. The first-order valence-electron chi connectivity index (χ1n) is 8.71. The molecule has 1 N–H and O–H groups in total. The van der Waals surface area contributed by atoms with Crippen molar-refractivity contribution in [2.75, 3.05) is 5.32 Å². The maximum absolute atomic E-state index is 13.7. The van der Waals surface area contributed by atoms with E-state index in [1.165, 1.54) is 6.92 Å². The van der Waals surface area contributed by atoms with Gasteiger partial charge in [-0.15, -0.1) is 0 Å². The molecule has 0 atom stereocenters. The number of nitrogens with zero attached hydrogens (tertiary/aromatic N) is 1. The van der Waals surface area contributed by atoms with E-state index in [4.69, 9.17) is 0 Å². The fourth-order valence-electron chi connectivity index (χ4n) is 3.22. The Labute approximate surface area is 160 Å². The Morgan fingerprint density at radius 3 is 2.39 bits per heavy atom. The van der Waals surface area contributed by atoms with Crippen LogP contribution in [-0.2, 0) is 16.1 Å². The molecule has 1 aliphatic heterocycles. The van der Waals surface area contributed by atoms with E-state index in [-0.39, 0.29) is 23.5 Å². The molecule has 0 unspecified atom stereocenters. The highest BCUT2D eigenvalue weighted by molar-refractivity contribution is 6.17. The van der Waals surface area contributed by atoms with Crippen molar-refractivity contribution in [3.8, 4) is 0 Å². The number of benzene rings is 3. The van der Waals surface area contributed by atoms with Crippen LogP contribution in [0.4, 0.5) is 14.5 Å². The zero-order chi connectivity index (χ0) is 19.8. The third kappa shape index (κ3) is 3.13. The number of rotatable bonds is 4. The number of hydrogen-bond acceptors (Lipinski definition) is 3. The fraction of sp³-hybridized carbons (Fsp3) is 0.0909. The van der Waals surface area contributed by atoms with E-state index >= 15 is 0 Å². The van der Waals surface area contributed by atoms with E-state index in [9.17, 15) is 18.4 Å². The maximum Gasteiger partial charge on any atom is 0.277 e. The Bertz CT molecular complexity index is 1130. The van der Waals surface area contributed by atoms with Gasteiger partial charge in [-0.3, -0.25) is 14.5 Å². The van der Waals surface area contributed by atoms with Crippen molar-refractivity contribution in [3.05, 3.63) is 89.1 Å². The van der Waals surface area contributed by atoms with Crippen LogP contribution in [0.5, 0.6) is 0 Å². The van der Waals surface area contributed by atoms with Crippen LogP contribution in [-0.4, -0.2) is 16.7 Å². The number of imide groups is 1. The summed E-state index contributed by atoms with van der Waals surface area (Å²) in [5.74, 6) is -2.48. The highest BCUT2D eigenvalue weighted by atomic mass is 19.1. The number of halogens is 2. The second-order valence-corrected chi connectivity index (χ2v) is 6.62. The highest BCUT2D eigenvalue weighted by Crippen LogP contribution is 2.25. The monoisotopic (exact) mass is 378 g/mol. The minimum atomic E-state index is -0.729. The molecule has 3 aromatic rings. The molecule has 2 amide bonds. The van der Waals surface area contributed by atoms with Crippen molar-refractivity contribution in [2.24, 2.45) is 0 Å². The predicted octanol–water partition coefficient (Wildman–Crippen LogP) is 4.29. The third-order valence-electron chi connectivity index (χ3n) is 4.78. The summed E-state index contributed by atoms with van der Waals surface area (Å²) in [4.78, 5) is 26.1. The average Bonchev–Trinajstić information content (AvgIpc) is 2.93. The zero-order valence-electron chi connectivity index (χ0n) is 15.0. The molecule has 0 fully saturated rings. The second kappa shape index (κ2) is 6.88. The normalized spacial score (nSPS) is 14.0. The fourth-order valence-corrected chi connectivity index (χ4v) is 3.22. The van der Waals surface area contributed by atoms with E-state index in [1.54, 1.807) is 0 Å². The van der Waals surface area contributed by atoms with Crippen molar-refractivity contribution < 1.29 is 18.4 Å². The first-order chi connectivity index (χ1) is 13.4. The van der Waals surface area contributed by atoms with Gasteiger partial charge in [-0.1, -0.05) is 42.5 Å². The van der Waals surface area contributed by atoms with Gasteiger partial charge >= 0.3 is 0 Å². The molecule has 0 bridgehead atoms. The Morgan fingerprint density at radius 1 is 0.964 bits per heavy atom. The number of fused-ring (bicyclic) bond motifs is 1. The summed E-state index contributed by atoms with van der Waals surface area (Å²) in [6.07, 6.45) is 1.14. The van der Waals surface area contributed by atoms with Gasteiger partial charge in [-0.05, 0) is 35.4 Å². The third-order valence-corrected chi connectivity index (χ3v) is 4.78. The summed E-state index contributed by atoms with van der Waals surface area (Å²) in [6, 6.07) is 15.6. The van der Waals surface area contributed by atoms with Crippen LogP contribution < -0.4 is 5.32 Å². The quantitative estimate of drug-likeness (QED) is 0.689. The second-order valence-electron chi connectivity index (χ2n) is 6.62. The van der Waals surface area contributed by atoms with Crippen molar-refractivity contribution in [3.63, 3.8) is 0 Å². The molecule has 4 rings (SSSR count). The minimum absolute atomic E-state index is 0.0205. The number of carbonyl (C=O) groups is 2. The molecular weight excluding hydrogens is 362 g/mol. The van der Waals surface area contributed by atoms with Crippen molar-refractivity contribution in [1.29, 1.82) is 0 Å². The van der Waals surface area contributed by atoms with Crippen LogP contribution >= 0.6 is 0 Å². The molecule has 0 aromatic heterocycles. The molecule has 4 nitrogen and oxygen atoms in total. The predicted molar refractivity (Wildman–Crippen MR) is 102 cm³/mol. The Morgan fingerprint density at radius 2 is 1.64 bits per heavy atom. The topological polar surface area (TPSA) is 49.4 Å². The highest BCUT2D eigenvalue weighted by Gasteiger charge is 2.31. The van der Waals surface area contributed by atoms with Gasteiger partial charge in [0.2, 0.25) is 0 Å². The largest absolute Gasteiger partial charge is 0.351 e. The van der Waals surface area contributed by atoms with Crippen molar-refractivity contribution >= 4 is 28.3 Å². The molecule has 140 valence electrons. The SMILES string of the molecule is Cc1c(F)cc(NC2=CC(=O)N(Cc3cccc4ccccc34)C2=O)cc1F. The van der Waals surface area contributed by atoms with E-state index in [0.29, 0.717) is 0 Å². The molecule has 1 aliphatic rings. The summed E-state index contributed by atoms with van der Waals surface area (Å²) in [6.45, 7) is 1.43. The van der Waals surface area contributed by atoms with Gasteiger partial charge in [0.25, 0.3) is 11.8 Å². The molecule has 0 spiro atoms. The van der Waals surface area contributed by atoms with Gasteiger partial charge in [-0.2, -0.15) is 0 Å². The first kappa shape index (κ1) is 17.9. The molecule has 1 heterocycles. The van der Waals surface area contributed by atoms with E-state index in [0.717, 1.165) is 39.4 Å². The molecule has 3 aromatic carbocycles. The number of carbonyl (C=O) groups excluding carboxylic acids is 2. The first-order valence-corrected chi connectivity index (χ1v) is 8.71. The Hall–Kier alpha value is -3.54. The summed E-state index contributed by atoms with van der Waals surface area (Å²) in [5, 5.41) is 4.62. The van der Waals surface area contributed by atoms with Gasteiger partial charge in [0.05, 0.1) is 6.54 Å². The standard InChI is InChI=1S/C22H16F2N2O2/c1-13-18(23)9-16(10-19(13)24)25-20-11-21(27)26(22(20)28)12-15-7-4-6-14-5-2-3-8-17(14)15/h2-11,25H,12H2,1H3. The molecule has 6 heteroatoms. The molecule has 28 heavy (non-hydrogen) atoms. The molecule has 0 saturated heterocycles. The van der Waals surface area contributed by atoms with E-state index in [2.05, 4.69) is 5.32 Å². The van der Waals surface area contributed by atoms with E-state index in [1.807, 2.05) is 42.5 Å². The summed E-state index contributed by atoms with van der Waals surface area (Å²) in [7, 11) is 0. The van der Waals surface area contributed by atoms with Gasteiger partial charge in [0, 0.05) is 17.3 Å². The number of nitrogens with one attached hydrogen (secondary N) is 1. The lowest BCUT2D eigenvalue weighted by molar-refractivity contribution is -0.137. The molecular formula is C22H16F2N2O2. The minimum Gasteiger partial charge on any atom is -0.351 e. The van der Waals surface area contributed by atoms with Gasteiger partial charge < -0.3 is 5.32 Å². The van der Waals surface area contributed by atoms with E-state index < -0.39 is 23.4 Å². The van der Waals surface area contributed by atoms with Crippen LogP contribution in [0, 0.1) is 18.6 Å². The Kier molecular flexibility index (Phi) is 4.39. The van der Waals surface area contributed by atoms with Crippen molar-refractivity contribution in [1.82, 2.24) is 4.90 Å². The average molecular weight is 378 g/mol. The van der Waals surface area contributed by atoms with Crippen LogP contribution in [0.3, 0.4) is 0 Å². The van der Waals surface area contributed by atoms with Gasteiger partial charge in [0.1, 0.15) is 17.3 Å². The van der Waals surface area contributed by atoms with Gasteiger partial charge in [-0.25, -0.2) is 8.78 Å². The summed E-state index contributed by atoms with van der Waals surface area (Å²) in [5.41, 5.74) is 0.778. The smallest absolute Gasteiger partial charge is 0.277 e. The molecule has 0 radical (unpaired) electrons. The Balaban J connectivity index is 1.57. The lowest BCUT2D eigenvalue weighted by Crippen LogP contribution is -2.31. The van der Waals surface area contributed by atoms with Gasteiger partial charge in [0.15, 0.2) is 0 Å².